The minimum absolute atomic E-state index is 0.0206. The Morgan fingerprint density at radius 3 is 2.33 bits per heavy atom. The Kier molecular flexibility index (Phi) is 8.01. The number of benzene rings is 3. The highest BCUT2D eigenvalue weighted by molar-refractivity contribution is 6.46. The van der Waals surface area contributed by atoms with Gasteiger partial charge in [-0.05, 0) is 73.0 Å². The van der Waals surface area contributed by atoms with E-state index < -0.39 is 17.7 Å². The molecule has 0 radical (unpaired) electrons. The summed E-state index contributed by atoms with van der Waals surface area (Å²) in [6.07, 6.45) is 2.39. The van der Waals surface area contributed by atoms with Crippen molar-refractivity contribution in [2.45, 2.75) is 39.5 Å². The van der Waals surface area contributed by atoms with E-state index in [1.165, 1.54) is 11.2 Å². The number of furan rings is 1. The normalized spacial score (nSPS) is 16.4. The third-order valence-corrected chi connectivity index (χ3v) is 6.73. The maximum absolute atomic E-state index is 13.3. The second-order valence-corrected chi connectivity index (χ2v) is 9.73. The molecule has 0 bridgehead atoms. The van der Waals surface area contributed by atoms with Crippen molar-refractivity contribution in [3.05, 3.63) is 125 Å². The van der Waals surface area contributed by atoms with Crippen LogP contribution in [0.2, 0.25) is 0 Å². The highest BCUT2D eigenvalue weighted by atomic mass is 16.5. The first-order valence-corrected chi connectivity index (χ1v) is 13.3. The van der Waals surface area contributed by atoms with Gasteiger partial charge >= 0.3 is 0 Å². The molecular formula is C33H31NO6. The summed E-state index contributed by atoms with van der Waals surface area (Å²) in [5.41, 5.74) is 3.31. The van der Waals surface area contributed by atoms with Crippen molar-refractivity contribution in [2.75, 3.05) is 6.61 Å². The van der Waals surface area contributed by atoms with Crippen LogP contribution in [0.1, 0.15) is 47.4 Å². The molecule has 7 nitrogen and oxygen atoms in total. The number of carbonyl (C=O) groups is 2. The molecule has 4 aromatic rings. The maximum Gasteiger partial charge on any atom is 0.296 e. The summed E-state index contributed by atoms with van der Waals surface area (Å²) in [5.74, 6) is 0.143. The second-order valence-electron chi connectivity index (χ2n) is 9.73. The Hall–Kier alpha value is -4.78. The fourth-order valence-corrected chi connectivity index (χ4v) is 4.76. The Morgan fingerprint density at radius 2 is 1.65 bits per heavy atom. The van der Waals surface area contributed by atoms with Gasteiger partial charge in [0.2, 0.25) is 0 Å². The Balaban J connectivity index is 1.45. The Bertz CT molecular complexity index is 1500. The lowest BCUT2D eigenvalue weighted by Gasteiger charge is -2.24. The van der Waals surface area contributed by atoms with Gasteiger partial charge in [-0.25, -0.2) is 0 Å². The van der Waals surface area contributed by atoms with Crippen LogP contribution in [0.4, 0.5) is 0 Å². The van der Waals surface area contributed by atoms with Gasteiger partial charge in [-0.1, -0.05) is 48.9 Å². The predicted molar refractivity (Wildman–Crippen MR) is 151 cm³/mol. The minimum atomic E-state index is -0.803. The van der Waals surface area contributed by atoms with E-state index >= 15 is 0 Å². The van der Waals surface area contributed by atoms with Gasteiger partial charge in [-0.15, -0.1) is 0 Å². The smallest absolute Gasteiger partial charge is 0.296 e. The van der Waals surface area contributed by atoms with E-state index in [1.54, 1.807) is 48.5 Å². The van der Waals surface area contributed by atoms with Crippen LogP contribution >= 0.6 is 0 Å². The molecule has 1 atom stereocenters. The van der Waals surface area contributed by atoms with Gasteiger partial charge in [0.05, 0.1) is 31.0 Å². The van der Waals surface area contributed by atoms with Crippen molar-refractivity contribution in [1.29, 1.82) is 0 Å². The van der Waals surface area contributed by atoms with Crippen LogP contribution in [0.5, 0.6) is 11.5 Å². The maximum atomic E-state index is 13.3. The molecule has 0 unspecified atom stereocenters. The first kappa shape index (κ1) is 26.8. The van der Waals surface area contributed by atoms with E-state index in [0.29, 0.717) is 41.6 Å². The number of aliphatic hydroxyl groups excluding tert-OH is 1. The van der Waals surface area contributed by atoms with E-state index in [0.717, 1.165) is 17.5 Å². The number of ketones is 1. The monoisotopic (exact) mass is 537 g/mol. The van der Waals surface area contributed by atoms with E-state index in [9.17, 15) is 14.7 Å². The van der Waals surface area contributed by atoms with Crippen molar-refractivity contribution in [3.8, 4) is 11.5 Å². The highest BCUT2D eigenvalue weighted by Gasteiger charge is 2.46. The molecule has 0 aliphatic carbocycles. The number of amides is 1. The number of aliphatic hydroxyl groups is 1. The number of aryl methyl sites for hydroxylation is 1. The van der Waals surface area contributed by atoms with Crippen molar-refractivity contribution in [3.63, 3.8) is 0 Å². The molecule has 1 saturated heterocycles. The fourth-order valence-electron chi connectivity index (χ4n) is 4.76. The van der Waals surface area contributed by atoms with Crippen LogP contribution in [-0.2, 0) is 22.7 Å². The van der Waals surface area contributed by atoms with E-state index in [-0.39, 0.29) is 17.9 Å². The molecule has 40 heavy (non-hydrogen) atoms. The van der Waals surface area contributed by atoms with Gasteiger partial charge in [-0.3, -0.25) is 9.59 Å². The van der Waals surface area contributed by atoms with Gasteiger partial charge in [0, 0.05) is 5.56 Å². The van der Waals surface area contributed by atoms with E-state index in [1.807, 2.05) is 44.2 Å². The van der Waals surface area contributed by atoms with Crippen LogP contribution in [0.25, 0.3) is 5.76 Å². The van der Waals surface area contributed by atoms with Crippen LogP contribution in [0, 0.1) is 6.92 Å². The number of likely N-dealkylation sites (tertiary alicyclic amines) is 1. The van der Waals surface area contributed by atoms with Crippen molar-refractivity contribution >= 4 is 17.4 Å². The molecule has 5 rings (SSSR count). The largest absolute Gasteiger partial charge is 0.507 e. The molecule has 7 heteroatoms. The number of hydrogen-bond acceptors (Lipinski definition) is 6. The molecule has 1 fully saturated rings. The molecule has 0 saturated carbocycles. The Morgan fingerprint density at radius 1 is 0.925 bits per heavy atom. The standard InChI is InChI=1S/C33H31NO6/c1-3-17-38-26-13-9-24(10-14-26)30-29(32(36)33(37)34(30)20-28-8-5-18-39-28)31(35)25-11-15-27(16-12-25)40-21-23-7-4-6-22(2)19-23/h4-16,18-19,30,35H,3,17,20-21H2,1-2H3/b31-29+/t30-/m0/s1. The summed E-state index contributed by atoms with van der Waals surface area (Å²) < 4.78 is 17.1. The van der Waals surface area contributed by atoms with Gasteiger partial charge in [0.1, 0.15) is 29.6 Å². The topological polar surface area (TPSA) is 89.2 Å². The Labute approximate surface area is 233 Å². The third-order valence-electron chi connectivity index (χ3n) is 6.73. The number of nitrogens with zero attached hydrogens (tertiary/aromatic N) is 1. The molecular weight excluding hydrogens is 506 g/mol. The predicted octanol–water partition coefficient (Wildman–Crippen LogP) is 6.58. The summed E-state index contributed by atoms with van der Waals surface area (Å²) in [7, 11) is 0. The lowest BCUT2D eigenvalue weighted by atomic mass is 9.95. The van der Waals surface area contributed by atoms with Crippen LogP contribution in [0.15, 0.2) is 101 Å². The summed E-state index contributed by atoms with van der Waals surface area (Å²) in [5, 5.41) is 11.4. The van der Waals surface area contributed by atoms with Crippen molar-refractivity contribution in [2.24, 2.45) is 0 Å². The average molecular weight is 538 g/mol. The van der Waals surface area contributed by atoms with Gasteiger partial charge in [-0.2, -0.15) is 0 Å². The van der Waals surface area contributed by atoms with Crippen LogP contribution in [0.3, 0.4) is 0 Å². The SMILES string of the molecule is CCCOc1ccc([C@H]2/C(=C(\O)c3ccc(OCc4cccc(C)c4)cc3)C(=O)C(=O)N2Cc2ccco2)cc1. The highest BCUT2D eigenvalue weighted by Crippen LogP contribution is 2.41. The zero-order chi connectivity index (χ0) is 28.1. The van der Waals surface area contributed by atoms with Crippen molar-refractivity contribution < 1.29 is 28.6 Å². The molecule has 1 amide bonds. The summed E-state index contributed by atoms with van der Waals surface area (Å²) >= 11 is 0. The zero-order valence-corrected chi connectivity index (χ0v) is 22.5. The lowest BCUT2D eigenvalue weighted by Crippen LogP contribution is -2.29. The number of Topliss-reactive ketones (excluding diaryl/α,β-unsaturated/α-hetero) is 1. The first-order valence-electron chi connectivity index (χ1n) is 13.3. The number of ether oxygens (including phenoxy) is 2. The van der Waals surface area contributed by atoms with E-state index in [2.05, 4.69) is 6.07 Å². The lowest BCUT2D eigenvalue weighted by molar-refractivity contribution is -0.140. The zero-order valence-electron chi connectivity index (χ0n) is 22.5. The second kappa shape index (κ2) is 11.9. The van der Waals surface area contributed by atoms with Gasteiger partial charge < -0.3 is 23.9 Å². The number of hydrogen-bond donors (Lipinski definition) is 1. The molecule has 1 aliphatic heterocycles. The number of rotatable bonds is 10. The molecule has 0 spiro atoms. The van der Waals surface area contributed by atoms with Crippen molar-refractivity contribution in [1.82, 2.24) is 4.90 Å². The molecule has 3 aromatic carbocycles. The minimum Gasteiger partial charge on any atom is -0.507 e. The van der Waals surface area contributed by atoms with Crippen LogP contribution < -0.4 is 9.47 Å². The van der Waals surface area contributed by atoms with Gasteiger partial charge in [0.15, 0.2) is 0 Å². The third kappa shape index (κ3) is 5.78. The fraction of sp³-hybridized carbons (Fsp3) is 0.212. The molecule has 1 aromatic heterocycles. The van der Waals surface area contributed by atoms with Gasteiger partial charge in [0.25, 0.3) is 11.7 Å². The quantitative estimate of drug-likeness (QED) is 0.140. The molecule has 1 N–H and O–H groups in total. The summed E-state index contributed by atoms with van der Waals surface area (Å²) in [6.45, 7) is 5.13. The first-order chi connectivity index (χ1) is 19.4. The molecule has 204 valence electrons. The van der Waals surface area contributed by atoms with E-state index in [4.69, 9.17) is 13.9 Å². The number of carbonyl (C=O) groups excluding carboxylic acids is 2. The molecule has 1 aliphatic rings. The molecule has 2 heterocycles. The summed E-state index contributed by atoms with van der Waals surface area (Å²) in [4.78, 5) is 28.0. The average Bonchev–Trinajstić information content (AvgIpc) is 3.58. The van der Waals surface area contributed by atoms with Crippen LogP contribution in [-0.4, -0.2) is 28.3 Å². The summed E-state index contributed by atoms with van der Waals surface area (Å²) in [6, 6.07) is 24.8.